The average molecular weight is 374 g/mol. The number of likely N-dealkylation sites (tertiary alicyclic amines) is 1. The number of aliphatic carboxylic acids is 1. The molecular weight excluding hydrogens is 350 g/mol. The molecule has 2 atom stereocenters. The summed E-state index contributed by atoms with van der Waals surface area (Å²) in [6.07, 6.45) is 2.57. The predicted molar refractivity (Wildman–Crippen MR) is 103 cm³/mol. The molecule has 0 radical (unpaired) electrons. The average Bonchev–Trinajstić information content (AvgIpc) is 2.64. The molecule has 4 nitrogen and oxygen atoms in total. The van der Waals surface area contributed by atoms with Crippen LogP contribution in [0.25, 0.3) is 0 Å². The van der Waals surface area contributed by atoms with Crippen molar-refractivity contribution in [3.05, 3.63) is 64.2 Å². The topological polar surface area (TPSA) is 49.8 Å². The summed E-state index contributed by atoms with van der Waals surface area (Å²) in [7, 11) is 1.63. The van der Waals surface area contributed by atoms with E-state index >= 15 is 0 Å². The van der Waals surface area contributed by atoms with E-state index in [4.69, 9.17) is 16.3 Å². The van der Waals surface area contributed by atoms with Crippen LogP contribution >= 0.6 is 11.6 Å². The number of piperidine rings is 1. The molecule has 1 fully saturated rings. The molecule has 1 saturated heterocycles. The molecule has 5 heteroatoms. The molecule has 0 bridgehead atoms. The molecule has 1 N–H and O–H groups in total. The molecule has 2 aromatic carbocycles. The number of methoxy groups -OCH3 is 1. The molecule has 0 saturated carbocycles. The Kier molecular flexibility index (Phi) is 5.84. The SMILES string of the molecule is COc1ccc(Cl)cc1C(c1ccc(C)cc1)N1CCCCC1C(=O)O. The van der Waals surface area contributed by atoms with Gasteiger partial charge in [-0.2, -0.15) is 0 Å². The van der Waals surface area contributed by atoms with E-state index in [1.165, 1.54) is 5.56 Å². The van der Waals surface area contributed by atoms with Crippen molar-refractivity contribution < 1.29 is 14.6 Å². The summed E-state index contributed by atoms with van der Waals surface area (Å²) < 4.78 is 5.58. The molecule has 2 unspecified atom stereocenters. The van der Waals surface area contributed by atoms with E-state index in [0.29, 0.717) is 11.4 Å². The molecule has 0 aliphatic carbocycles. The van der Waals surface area contributed by atoms with Crippen LogP contribution in [0.15, 0.2) is 42.5 Å². The summed E-state index contributed by atoms with van der Waals surface area (Å²) in [5.74, 6) is -0.0579. The smallest absolute Gasteiger partial charge is 0.320 e. The number of ether oxygens (including phenoxy) is 1. The fraction of sp³-hybridized carbons (Fsp3) is 0.381. The van der Waals surface area contributed by atoms with Crippen LogP contribution in [0, 0.1) is 6.92 Å². The maximum Gasteiger partial charge on any atom is 0.320 e. The lowest BCUT2D eigenvalue weighted by atomic mass is 9.91. The second kappa shape index (κ2) is 8.11. The normalized spacial score (nSPS) is 19.1. The van der Waals surface area contributed by atoms with Gasteiger partial charge in [0.25, 0.3) is 0 Å². The van der Waals surface area contributed by atoms with Gasteiger partial charge >= 0.3 is 5.97 Å². The van der Waals surface area contributed by atoms with Crippen LogP contribution in [0.1, 0.15) is 42.0 Å². The van der Waals surface area contributed by atoms with Crippen LogP contribution < -0.4 is 4.74 Å². The van der Waals surface area contributed by atoms with Crippen LogP contribution in [0.5, 0.6) is 5.75 Å². The first-order valence-electron chi connectivity index (χ1n) is 8.90. The van der Waals surface area contributed by atoms with E-state index in [1.807, 2.05) is 19.1 Å². The Balaban J connectivity index is 2.15. The Hall–Kier alpha value is -2.04. The second-order valence-electron chi connectivity index (χ2n) is 6.79. The Morgan fingerprint density at radius 2 is 1.96 bits per heavy atom. The van der Waals surface area contributed by atoms with Crippen LogP contribution in [-0.4, -0.2) is 35.7 Å². The second-order valence-corrected chi connectivity index (χ2v) is 7.22. The highest BCUT2D eigenvalue weighted by Crippen LogP contribution is 2.39. The lowest BCUT2D eigenvalue weighted by Gasteiger charge is -2.40. The zero-order valence-electron chi connectivity index (χ0n) is 15.1. The Bertz CT molecular complexity index is 775. The highest BCUT2D eigenvalue weighted by molar-refractivity contribution is 6.30. The van der Waals surface area contributed by atoms with Gasteiger partial charge in [-0.3, -0.25) is 9.69 Å². The molecular formula is C21H24ClNO3. The van der Waals surface area contributed by atoms with Crippen molar-refractivity contribution in [2.24, 2.45) is 0 Å². The lowest BCUT2D eigenvalue weighted by Crippen LogP contribution is -2.46. The number of benzene rings is 2. The maximum atomic E-state index is 11.9. The quantitative estimate of drug-likeness (QED) is 0.826. The standard InChI is InChI=1S/C21H24ClNO3/c1-14-6-8-15(9-7-14)20(17-13-16(22)10-11-19(17)26-2)23-12-4-3-5-18(23)21(24)25/h6-11,13,18,20H,3-5,12H2,1-2H3,(H,24,25). The number of carboxylic acids is 1. The number of halogens is 1. The third-order valence-electron chi connectivity index (χ3n) is 5.04. The molecule has 3 rings (SSSR count). The van der Waals surface area contributed by atoms with Gasteiger partial charge < -0.3 is 9.84 Å². The Morgan fingerprint density at radius 3 is 2.62 bits per heavy atom. The number of hydrogen-bond donors (Lipinski definition) is 1. The summed E-state index contributed by atoms with van der Waals surface area (Å²) in [5.41, 5.74) is 3.11. The molecule has 26 heavy (non-hydrogen) atoms. The first-order chi connectivity index (χ1) is 12.5. The number of carboxylic acid groups (broad SMARTS) is 1. The summed E-state index contributed by atoms with van der Waals surface area (Å²) in [6.45, 7) is 2.77. The van der Waals surface area contributed by atoms with Crippen molar-refractivity contribution in [2.45, 2.75) is 38.3 Å². The summed E-state index contributed by atoms with van der Waals surface area (Å²) in [6, 6.07) is 13.0. The van der Waals surface area contributed by atoms with Gasteiger partial charge in [-0.1, -0.05) is 47.9 Å². The molecule has 2 aromatic rings. The molecule has 1 aliphatic rings. The van der Waals surface area contributed by atoms with Gasteiger partial charge in [0.1, 0.15) is 11.8 Å². The number of aryl methyl sites for hydroxylation is 1. The summed E-state index contributed by atoms with van der Waals surface area (Å²) in [4.78, 5) is 14.0. The van der Waals surface area contributed by atoms with E-state index in [0.717, 1.165) is 36.3 Å². The van der Waals surface area contributed by atoms with E-state index in [2.05, 4.69) is 29.2 Å². The van der Waals surface area contributed by atoms with Crippen molar-refractivity contribution in [3.63, 3.8) is 0 Å². The van der Waals surface area contributed by atoms with Crippen molar-refractivity contribution in [2.75, 3.05) is 13.7 Å². The van der Waals surface area contributed by atoms with Crippen molar-refractivity contribution in [3.8, 4) is 5.75 Å². The highest BCUT2D eigenvalue weighted by atomic mass is 35.5. The minimum Gasteiger partial charge on any atom is -0.496 e. The van der Waals surface area contributed by atoms with Crippen molar-refractivity contribution >= 4 is 17.6 Å². The first-order valence-corrected chi connectivity index (χ1v) is 9.27. The largest absolute Gasteiger partial charge is 0.496 e. The zero-order valence-corrected chi connectivity index (χ0v) is 15.9. The van der Waals surface area contributed by atoms with Crippen LogP contribution in [0.2, 0.25) is 5.02 Å². The molecule has 0 aromatic heterocycles. The number of carbonyl (C=O) groups is 1. The Morgan fingerprint density at radius 1 is 1.23 bits per heavy atom. The third-order valence-corrected chi connectivity index (χ3v) is 5.28. The molecule has 0 spiro atoms. The first kappa shape index (κ1) is 18.7. The van der Waals surface area contributed by atoms with E-state index in [9.17, 15) is 9.90 Å². The Labute approximate surface area is 159 Å². The fourth-order valence-corrected chi connectivity index (χ4v) is 3.93. The van der Waals surface area contributed by atoms with Gasteiger partial charge in [-0.15, -0.1) is 0 Å². The van der Waals surface area contributed by atoms with Crippen LogP contribution in [0.4, 0.5) is 0 Å². The monoisotopic (exact) mass is 373 g/mol. The van der Waals surface area contributed by atoms with Crippen LogP contribution in [-0.2, 0) is 4.79 Å². The van der Waals surface area contributed by atoms with Gasteiger partial charge in [0.05, 0.1) is 13.2 Å². The van der Waals surface area contributed by atoms with Gasteiger partial charge in [0.15, 0.2) is 0 Å². The van der Waals surface area contributed by atoms with E-state index in [1.54, 1.807) is 13.2 Å². The zero-order chi connectivity index (χ0) is 18.7. The fourth-order valence-electron chi connectivity index (χ4n) is 3.75. The number of nitrogens with zero attached hydrogens (tertiary/aromatic N) is 1. The minimum atomic E-state index is -0.775. The maximum absolute atomic E-state index is 11.9. The lowest BCUT2D eigenvalue weighted by molar-refractivity contribution is -0.145. The minimum absolute atomic E-state index is 0.217. The van der Waals surface area contributed by atoms with Gasteiger partial charge in [0, 0.05) is 10.6 Å². The van der Waals surface area contributed by atoms with Crippen molar-refractivity contribution in [1.29, 1.82) is 0 Å². The van der Waals surface area contributed by atoms with Crippen molar-refractivity contribution in [1.82, 2.24) is 4.90 Å². The highest BCUT2D eigenvalue weighted by Gasteiger charge is 2.36. The predicted octanol–water partition coefficient (Wildman–Crippen LogP) is 4.69. The summed E-state index contributed by atoms with van der Waals surface area (Å²) in [5, 5.41) is 10.4. The molecule has 1 heterocycles. The molecule has 1 aliphatic heterocycles. The number of rotatable bonds is 5. The summed E-state index contributed by atoms with van der Waals surface area (Å²) >= 11 is 6.28. The third kappa shape index (κ3) is 3.87. The van der Waals surface area contributed by atoms with E-state index < -0.39 is 12.0 Å². The van der Waals surface area contributed by atoms with Crippen LogP contribution in [0.3, 0.4) is 0 Å². The molecule has 138 valence electrons. The van der Waals surface area contributed by atoms with Gasteiger partial charge in [0.2, 0.25) is 0 Å². The van der Waals surface area contributed by atoms with Gasteiger partial charge in [-0.25, -0.2) is 0 Å². The van der Waals surface area contributed by atoms with E-state index in [-0.39, 0.29) is 6.04 Å². The van der Waals surface area contributed by atoms with Gasteiger partial charge in [-0.05, 0) is 50.1 Å². The number of hydrogen-bond acceptors (Lipinski definition) is 3. The molecule has 0 amide bonds.